The van der Waals surface area contributed by atoms with E-state index in [9.17, 15) is 14.7 Å². The Morgan fingerprint density at radius 2 is 1.96 bits per heavy atom. The smallest absolute Gasteiger partial charge is 0.294 e. The van der Waals surface area contributed by atoms with Gasteiger partial charge in [0.1, 0.15) is 0 Å². The van der Waals surface area contributed by atoms with E-state index in [2.05, 4.69) is 4.98 Å². The minimum atomic E-state index is -0.707. The molecule has 0 saturated heterocycles. The van der Waals surface area contributed by atoms with Crippen LogP contribution in [0.2, 0.25) is 5.02 Å². The Balaban J connectivity index is 2.17. The molecule has 3 rings (SSSR count). The fourth-order valence-electron chi connectivity index (χ4n) is 2.69. The molecule has 23 heavy (non-hydrogen) atoms. The standard InChI is InChI=1S/C17H13ClN2O3/c1-10(21)14-15(11-4-6-12(18)7-5-11)20(17(23)16(14)22)13-3-2-8-19-9-13/h2-9,15,22H,1H3/t15-/m0/s1. The highest BCUT2D eigenvalue weighted by Gasteiger charge is 2.43. The minimum Gasteiger partial charge on any atom is -0.503 e. The van der Waals surface area contributed by atoms with Gasteiger partial charge in [-0.15, -0.1) is 0 Å². The Labute approximate surface area is 137 Å². The number of pyridine rings is 1. The van der Waals surface area contributed by atoms with Crippen LogP contribution in [0, 0.1) is 0 Å². The molecule has 5 nitrogen and oxygen atoms in total. The molecule has 0 aliphatic carbocycles. The van der Waals surface area contributed by atoms with Gasteiger partial charge in [-0.05, 0) is 36.8 Å². The van der Waals surface area contributed by atoms with Crippen LogP contribution >= 0.6 is 11.6 Å². The highest BCUT2D eigenvalue weighted by atomic mass is 35.5. The number of aliphatic hydroxyl groups excluding tert-OH is 1. The predicted molar refractivity (Wildman–Crippen MR) is 86.3 cm³/mol. The van der Waals surface area contributed by atoms with Crippen molar-refractivity contribution in [2.45, 2.75) is 13.0 Å². The molecule has 0 radical (unpaired) electrons. The molecule has 0 fully saturated rings. The number of nitrogens with zero attached hydrogens (tertiary/aromatic N) is 2. The fourth-order valence-corrected chi connectivity index (χ4v) is 2.81. The molecule has 1 aromatic carbocycles. The summed E-state index contributed by atoms with van der Waals surface area (Å²) in [7, 11) is 0. The molecular formula is C17H13ClN2O3. The van der Waals surface area contributed by atoms with Crippen LogP contribution in [0.5, 0.6) is 0 Å². The number of benzene rings is 1. The molecule has 2 aromatic rings. The van der Waals surface area contributed by atoms with Gasteiger partial charge in [-0.1, -0.05) is 23.7 Å². The SMILES string of the molecule is CC(=O)C1=C(O)C(=O)N(c2cccnc2)[C@H]1c1ccc(Cl)cc1. The summed E-state index contributed by atoms with van der Waals surface area (Å²) in [6.45, 7) is 1.33. The van der Waals surface area contributed by atoms with Crippen LogP contribution in [-0.2, 0) is 9.59 Å². The van der Waals surface area contributed by atoms with Gasteiger partial charge < -0.3 is 5.11 Å². The monoisotopic (exact) mass is 328 g/mol. The number of amides is 1. The quantitative estimate of drug-likeness (QED) is 0.939. The lowest BCUT2D eigenvalue weighted by Gasteiger charge is -2.26. The molecule has 0 bridgehead atoms. The van der Waals surface area contributed by atoms with Crippen LogP contribution in [0.3, 0.4) is 0 Å². The maximum absolute atomic E-state index is 12.5. The zero-order valence-corrected chi connectivity index (χ0v) is 13.0. The number of ketones is 1. The number of halogens is 1. The lowest BCUT2D eigenvalue weighted by molar-refractivity contribution is -0.117. The van der Waals surface area contributed by atoms with Crippen molar-refractivity contribution in [3.8, 4) is 0 Å². The van der Waals surface area contributed by atoms with Crippen LogP contribution in [0.1, 0.15) is 18.5 Å². The highest BCUT2D eigenvalue weighted by molar-refractivity contribution is 6.30. The van der Waals surface area contributed by atoms with E-state index in [1.807, 2.05) is 0 Å². The van der Waals surface area contributed by atoms with Gasteiger partial charge in [0.15, 0.2) is 11.5 Å². The number of hydrogen-bond donors (Lipinski definition) is 1. The number of carbonyl (C=O) groups excluding carboxylic acids is 2. The first-order valence-corrected chi connectivity index (χ1v) is 7.31. The summed E-state index contributed by atoms with van der Waals surface area (Å²) in [6, 6.07) is 9.48. The van der Waals surface area contributed by atoms with Crippen LogP contribution in [-0.4, -0.2) is 21.8 Å². The van der Waals surface area contributed by atoms with E-state index in [0.29, 0.717) is 16.3 Å². The van der Waals surface area contributed by atoms with Crippen molar-refractivity contribution in [3.63, 3.8) is 0 Å². The average molecular weight is 329 g/mol. The number of anilines is 1. The van der Waals surface area contributed by atoms with Crippen molar-refractivity contribution in [3.05, 3.63) is 70.7 Å². The number of rotatable bonds is 3. The van der Waals surface area contributed by atoms with Crippen molar-refractivity contribution >= 4 is 29.0 Å². The summed E-state index contributed by atoms with van der Waals surface area (Å²) in [5, 5.41) is 10.7. The van der Waals surface area contributed by atoms with Gasteiger partial charge in [-0.3, -0.25) is 19.5 Å². The van der Waals surface area contributed by atoms with Gasteiger partial charge >= 0.3 is 0 Å². The molecule has 0 unspecified atom stereocenters. The van der Waals surface area contributed by atoms with Gasteiger partial charge in [0, 0.05) is 11.2 Å². The molecule has 1 atom stereocenters. The lowest BCUT2D eigenvalue weighted by atomic mass is 9.96. The zero-order chi connectivity index (χ0) is 16.6. The first kappa shape index (κ1) is 15.2. The second-order valence-corrected chi connectivity index (χ2v) is 5.60. The molecule has 0 saturated carbocycles. The van der Waals surface area contributed by atoms with Crippen molar-refractivity contribution in [2.24, 2.45) is 0 Å². The lowest BCUT2D eigenvalue weighted by Crippen LogP contribution is -2.30. The summed E-state index contributed by atoms with van der Waals surface area (Å²) in [6.07, 6.45) is 3.09. The van der Waals surface area contributed by atoms with E-state index < -0.39 is 17.7 Å². The van der Waals surface area contributed by atoms with E-state index in [4.69, 9.17) is 11.6 Å². The molecule has 2 heterocycles. The largest absolute Gasteiger partial charge is 0.503 e. The molecule has 6 heteroatoms. The van der Waals surface area contributed by atoms with Gasteiger partial charge in [0.05, 0.1) is 23.5 Å². The Morgan fingerprint density at radius 3 is 2.52 bits per heavy atom. The van der Waals surface area contributed by atoms with Gasteiger partial charge in [-0.2, -0.15) is 0 Å². The second-order valence-electron chi connectivity index (χ2n) is 5.16. The van der Waals surface area contributed by atoms with Crippen LogP contribution < -0.4 is 4.90 Å². The minimum absolute atomic E-state index is 0.0705. The van der Waals surface area contributed by atoms with Gasteiger partial charge in [0.25, 0.3) is 5.91 Å². The Hall–Kier alpha value is -2.66. The third kappa shape index (κ3) is 2.59. The number of aliphatic hydroxyl groups is 1. The van der Waals surface area contributed by atoms with Crippen molar-refractivity contribution < 1.29 is 14.7 Å². The van der Waals surface area contributed by atoms with E-state index in [-0.39, 0.29) is 11.4 Å². The normalized spacial score (nSPS) is 17.7. The molecule has 116 valence electrons. The van der Waals surface area contributed by atoms with Gasteiger partial charge in [0.2, 0.25) is 0 Å². The van der Waals surface area contributed by atoms with E-state index in [1.54, 1.807) is 42.6 Å². The second kappa shape index (κ2) is 5.85. The Morgan fingerprint density at radius 1 is 1.26 bits per heavy atom. The predicted octanol–water partition coefficient (Wildman–Crippen LogP) is 3.22. The number of carbonyl (C=O) groups is 2. The van der Waals surface area contributed by atoms with Crippen molar-refractivity contribution in [1.82, 2.24) is 4.98 Å². The topological polar surface area (TPSA) is 70.5 Å². The van der Waals surface area contributed by atoms with Crippen molar-refractivity contribution in [2.75, 3.05) is 4.90 Å². The first-order chi connectivity index (χ1) is 11.0. The van der Waals surface area contributed by atoms with Crippen LogP contribution in [0.4, 0.5) is 5.69 Å². The molecular weight excluding hydrogens is 316 g/mol. The third-order valence-electron chi connectivity index (χ3n) is 3.70. The van der Waals surface area contributed by atoms with Crippen LogP contribution in [0.25, 0.3) is 0 Å². The van der Waals surface area contributed by atoms with Crippen molar-refractivity contribution in [1.29, 1.82) is 0 Å². The number of aromatic nitrogens is 1. The first-order valence-electron chi connectivity index (χ1n) is 6.94. The molecule has 1 aliphatic heterocycles. The molecule has 1 aromatic heterocycles. The van der Waals surface area contributed by atoms with E-state index in [0.717, 1.165) is 0 Å². The van der Waals surface area contributed by atoms with Crippen LogP contribution in [0.15, 0.2) is 60.1 Å². The average Bonchev–Trinajstić information content (AvgIpc) is 2.81. The zero-order valence-electron chi connectivity index (χ0n) is 12.2. The molecule has 1 N–H and O–H groups in total. The summed E-state index contributed by atoms with van der Waals surface area (Å²) >= 11 is 5.91. The number of Topliss-reactive ketones (excluding diaryl/α,β-unsaturated/α-hetero) is 1. The Bertz CT molecular complexity index is 800. The summed E-state index contributed by atoms with van der Waals surface area (Å²) in [5.41, 5.74) is 1.25. The maximum Gasteiger partial charge on any atom is 0.294 e. The fraction of sp³-hybridized carbons (Fsp3) is 0.118. The molecule has 1 aliphatic rings. The number of hydrogen-bond acceptors (Lipinski definition) is 4. The highest BCUT2D eigenvalue weighted by Crippen LogP contribution is 2.40. The summed E-state index contributed by atoms with van der Waals surface area (Å²) in [5.74, 6) is -1.51. The summed E-state index contributed by atoms with van der Waals surface area (Å²) in [4.78, 5) is 29.8. The molecule has 1 amide bonds. The van der Waals surface area contributed by atoms with E-state index >= 15 is 0 Å². The maximum atomic E-state index is 12.5. The van der Waals surface area contributed by atoms with E-state index in [1.165, 1.54) is 18.0 Å². The Kier molecular flexibility index (Phi) is 3.88. The van der Waals surface area contributed by atoms with Gasteiger partial charge in [-0.25, -0.2) is 0 Å². The third-order valence-corrected chi connectivity index (χ3v) is 3.95. The molecule has 0 spiro atoms. The summed E-state index contributed by atoms with van der Waals surface area (Å²) < 4.78 is 0.